The van der Waals surface area contributed by atoms with Gasteiger partial charge in [-0.15, -0.1) is 0 Å². The van der Waals surface area contributed by atoms with Crippen molar-refractivity contribution in [2.45, 2.75) is 13.8 Å². The van der Waals surface area contributed by atoms with Gasteiger partial charge < -0.3 is 14.8 Å². The Labute approximate surface area is 161 Å². The topological polar surface area (TPSA) is 56.3 Å². The summed E-state index contributed by atoms with van der Waals surface area (Å²) in [5, 5.41) is 3.92. The van der Waals surface area contributed by atoms with Crippen LogP contribution < -0.4 is 14.8 Å². The highest BCUT2D eigenvalue weighted by Gasteiger charge is 2.12. The SMILES string of the molecule is COc1cc2ncnc(Nc3ccc(F)c(Cl)c3)c2cc1OCC=C(C)C. The van der Waals surface area contributed by atoms with Crippen LogP contribution in [-0.2, 0) is 0 Å². The Morgan fingerprint density at radius 1 is 1.19 bits per heavy atom. The van der Waals surface area contributed by atoms with E-state index in [0.717, 1.165) is 11.0 Å². The number of hydrogen-bond donors (Lipinski definition) is 1. The lowest BCUT2D eigenvalue weighted by atomic mass is 10.2. The highest BCUT2D eigenvalue weighted by Crippen LogP contribution is 2.35. The van der Waals surface area contributed by atoms with Gasteiger partial charge in [-0.1, -0.05) is 17.2 Å². The Balaban J connectivity index is 2.00. The summed E-state index contributed by atoms with van der Waals surface area (Å²) in [6, 6.07) is 7.99. The summed E-state index contributed by atoms with van der Waals surface area (Å²) in [5.74, 6) is 1.24. The Morgan fingerprint density at radius 2 is 2.00 bits per heavy atom. The van der Waals surface area contributed by atoms with Crippen LogP contribution in [0.3, 0.4) is 0 Å². The third kappa shape index (κ3) is 4.46. The number of hydrogen-bond acceptors (Lipinski definition) is 5. The summed E-state index contributed by atoms with van der Waals surface area (Å²) in [6.45, 7) is 4.43. The van der Waals surface area contributed by atoms with Gasteiger partial charge in [-0.2, -0.15) is 0 Å². The third-order valence-corrected chi connectivity index (χ3v) is 4.12. The monoisotopic (exact) mass is 387 g/mol. The molecule has 27 heavy (non-hydrogen) atoms. The van der Waals surface area contributed by atoms with Crippen molar-refractivity contribution < 1.29 is 13.9 Å². The van der Waals surface area contributed by atoms with E-state index in [-0.39, 0.29) is 5.02 Å². The van der Waals surface area contributed by atoms with Crippen molar-refractivity contribution in [3.05, 3.63) is 59.1 Å². The van der Waals surface area contributed by atoms with Crippen molar-refractivity contribution in [2.75, 3.05) is 19.0 Å². The van der Waals surface area contributed by atoms with Crippen molar-refractivity contribution in [1.29, 1.82) is 0 Å². The Morgan fingerprint density at radius 3 is 2.70 bits per heavy atom. The standard InChI is InChI=1S/C20H19ClFN3O2/c1-12(2)6-7-27-19-9-14-17(10-18(19)26-3)23-11-24-20(14)25-13-4-5-16(22)15(21)8-13/h4-6,8-11H,7H2,1-3H3,(H,23,24,25). The zero-order valence-corrected chi connectivity index (χ0v) is 16.0. The normalized spacial score (nSPS) is 10.6. The molecule has 140 valence electrons. The van der Waals surface area contributed by atoms with Crippen LogP contribution in [0.1, 0.15) is 13.8 Å². The molecule has 0 unspecified atom stereocenters. The van der Waals surface area contributed by atoms with Crippen molar-refractivity contribution in [3.8, 4) is 11.5 Å². The fourth-order valence-electron chi connectivity index (χ4n) is 2.44. The van der Waals surface area contributed by atoms with Crippen molar-refractivity contribution in [3.63, 3.8) is 0 Å². The zero-order valence-electron chi connectivity index (χ0n) is 15.2. The summed E-state index contributed by atoms with van der Waals surface area (Å²) < 4.78 is 24.6. The number of halogens is 2. The van der Waals surface area contributed by atoms with Crippen molar-refractivity contribution >= 4 is 34.0 Å². The van der Waals surface area contributed by atoms with Gasteiger partial charge in [0.15, 0.2) is 11.5 Å². The molecule has 1 heterocycles. The number of aromatic nitrogens is 2. The minimum Gasteiger partial charge on any atom is -0.493 e. The first-order valence-electron chi connectivity index (χ1n) is 8.29. The highest BCUT2D eigenvalue weighted by molar-refractivity contribution is 6.31. The molecule has 0 aliphatic heterocycles. The predicted molar refractivity (Wildman–Crippen MR) is 106 cm³/mol. The fourth-order valence-corrected chi connectivity index (χ4v) is 2.63. The minimum absolute atomic E-state index is 0.0331. The van der Waals surface area contributed by atoms with E-state index in [4.69, 9.17) is 21.1 Å². The van der Waals surface area contributed by atoms with E-state index in [1.165, 1.54) is 18.5 Å². The van der Waals surface area contributed by atoms with Crippen LogP contribution in [0.2, 0.25) is 5.02 Å². The average molecular weight is 388 g/mol. The summed E-state index contributed by atoms with van der Waals surface area (Å²) in [4.78, 5) is 8.58. The van der Waals surface area contributed by atoms with E-state index in [9.17, 15) is 4.39 Å². The number of ether oxygens (including phenoxy) is 2. The maximum atomic E-state index is 13.4. The van der Waals surface area contributed by atoms with Gasteiger partial charge >= 0.3 is 0 Å². The van der Waals surface area contributed by atoms with E-state index < -0.39 is 5.82 Å². The number of allylic oxidation sites excluding steroid dienone is 1. The number of methoxy groups -OCH3 is 1. The molecule has 0 aliphatic rings. The van der Waals surface area contributed by atoms with Gasteiger partial charge in [0.1, 0.15) is 24.6 Å². The molecule has 0 amide bonds. The van der Waals surface area contributed by atoms with Gasteiger partial charge in [0.05, 0.1) is 17.6 Å². The van der Waals surface area contributed by atoms with Crippen LogP contribution in [0.5, 0.6) is 11.5 Å². The lowest BCUT2D eigenvalue weighted by molar-refractivity contribution is 0.326. The van der Waals surface area contributed by atoms with Gasteiger partial charge in [-0.05, 0) is 44.2 Å². The maximum absolute atomic E-state index is 13.4. The van der Waals surface area contributed by atoms with Gasteiger partial charge in [0.2, 0.25) is 0 Å². The van der Waals surface area contributed by atoms with E-state index >= 15 is 0 Å². The van der Waals surface area contributed by atoms with Crippen LogP contribution in [-0.4, -0.2) is 23.7 Å². The molecule has 1 N–H and O–H groups in total. The van der Waals surface area contributed by atoms with Crippen molar-refractivity contribution in [2.24, 2.45) is 0 Å². The van der Waals surface area contributed by atoms with Crippen LogP contribution >= 0.6 is 11.6 Å². The Hall–Kier alpha value is -2.86. The molecule has 0 atom stereocenters. The number of nitrogens with one attached hydrogen (secondary N) is 1. The second-order valence-electron chi connectivity index (χ2n) is 6.09. The quantitative estimate of drug-likeness (QED) is 0.564. The first kappa shape index (κ1) is 18.9. The lowest BCUT2D eigenvalue weighted by Gasteiger charge is -2.13. The van der Waals surface area contributed by atoms with Crippen LogP contribution in [0.4, 0.5) is 15.9 Å². The molecule has 0 fully saturated rings. The van der Waals surface area contributed by atoms with Gasteiger partial charge in [0.25, 0.3) is 0 Å². The fraction of sp³-hybridized carbons (Fsp3) is 0.200. The van der Waals surface area contributed by atoms with E-state index in [2.05, 4.69) is 15.3 Å². The molecule has 7 heteroatoms. The number of anilines is 2. The molecule has 3 rings (SSSR count). The highest BCUT2D eigenvalue weighted by atomic mass is 35.5. The molecule has 5 nitrogen and oxygen atoms in total. The number of rotatable bonds is 6. The first-order valence-corrected chi connectivity index (χ1v) is 8.66. The molecule has 2 aromatic carbocycles. The number of fused-ring (bicyclic) bond motifs is 1. The number of benzene rings is 2. The molecule has 0 radical (unpaired) electrons. The Kier molecular flexibility index (Phi) is 5.76. The average Bonchev–Trinajstić information content (AvgIpc) is 2.64. The molecule has 0 aliphatic carbocycles. The van der Waals surface area contributed by atoms with Crippen LogP contribution in [0, 0.1) is 5.82 Å². The van der Waals surface area contributed by atoms with Gasteiger partial charge in [-0.3, -0.25) is 0 Å². The molecular formula is C20H19ClFN3O2. The summed E-state index contributed by atoms with van der Waals surface area (Å²) >= 11 is 5.86. The van der Waals surface area contributed by atoms with Gasteiger partial charge in [0, 0.05) is 17.1 Å². The second kappa shape index (κ2) is 8.22. The van der Waals surface area contributed by atoms with E-state index in [1.54, 1.807) is 19.2 Å². The van der Waals surface area contributed by atoms with E-state index in [0.29, 0.717) is 35.1 Å². The molecule has 0 bridgehead atoms. The molecule has 0 saturated heterocycles. The minimum atomic E-state index is -0.477. The summed E-state index contributed by atoms with van der Waals surface area (Å²) in [6.07, 6.45) is 3.42. The van der Waals surface area contributed by atoms with Crippen LogP contribution in [0.25, 0.3) is 10.9 Å². The molecule has 0 spiro atoms. The molecule has 0 saturated carbocycles. The zero-order chi connectivity index (χ0) is 19.4. The smallest absolute Gasteiger partial charge is 0.162 e. The largest absolute Gasteiger partial charge is 0.493 e. The van der Waals surface area contributed by atoms with Crippen molar-refractivity contribution in [1.82, 2.24) is 9.97 Å². The third-order valence-electron chi connectivity index (χ3n) is 3.83. The maximum Gasteiger partial charge on any atom is 0.162 e. The summed E-state index contributed by atoms with van der Waals surface area (Å²) in [7, 11) is 1.58. The molecular weight excluding hydrogens is 369 g/mol. The first-order chi connectivity index (χ1) is 13.0. The Bertz CT molecular complexity index is 1000. The molecule has 3 aromatic rings. The number of nitrogens with zero attached hydrogens (tertiary/aromatic N) is 2. The van der Waals surface area contributed by atoms with Crippen LogP contribution in [0.15, 0.2) is 48.3 Å². The van der Waals surface area contributed by atoms with E-state index in [1.807, 2.05) is 26.0 Å². The predicted octanol–water partition coefficient (Wildman–Crippen LogP) is 5.52. The molecule has 1 aromatic heterocycles. The summed E-state index contributed by atoms with van der Waals surface area (Å²) in [5.41, 5.74) is 2.46. The second-order valence-corrected chi connectivity index (χ2v) is 6.50. The van der Waals surface area contributed by atoms with Gasteiger partial charge in [-0.25, -0.2) is 14.4 Å². The lowest BCUT2D eigenvalue weighted by Crippen LogP contribution is -2.00.